The first-order valence-corrected chi connectivity index (χ1v) is 8.25. The van der Waals surface area contributed by atoms with Gasteiger partial charge in [-0.2, -0.15) is 4.98 Å². The molecule has 2 aromatic carbocycles. The number of hydrogen-bond acceptors (Lipinski definition) is 4. The normalized spacial score (nSPS) is 10.7. The van der Waals surface area contributed by atoms with Gasteiger partial charge in [-0.3, -0.25) is 4.79 Å². The second-order valence-corrected chi connectivity index (χ2v) is 5.87. The first-order valence-electron chi connectivity index (χ1n) is 8.25. The van der Waals surface area contributed by atoms with Crippen LogP contribution in [0.5, 0.6) is 0 Å². The van der Waals surface area contributed by atoms with Crippen LogP contribution in [0.4, 0.5) is 17.3 Å². The molecule has 6 nitrogen and oxygen atoms in total. The van der Waals surface area contributed by atoms with Crippen LogP contribution < -0.4 is 10.6 Å². The average molecular weight is 343 g/mol. The minimum absolute atomic E-state index is 0.0900. The predicted molar refractivity (Wildman–Crippen MR) is 102 cm³/mol. The fraction of sp³-hybridized carbons (Fsp3) is 0.0500. The van der Waals surface area contributed by atoms with Gasteiger partial charge < -0.3 is 10.6 Å². The largest absolute Gasteiger partial charge is 0.326 e. The third kappa shape index (κ3) is 3.25. The van der Waals surface area contributed by atoms with Crippen LogP contribution in [0.2, 0.25) is 0 Å². The van der Waals surface area contributed by atoms with Crippen LogP contribution in [0.15, 0.2) is 72.8 Å². The van der Waals surface area contributed by atoms with Crippen molar-refractivity contribution < 1.29 is 4.79 Å². The number of pyridine rings is 1. The average Bonchev–Trinajstić information content (AvgIpc) is 3.05. The summed E-state index contributed by atoms with van der Waals surface area (Å²) in [5.41, 5.74) is 4.36. The third-order valence-electron chi connectivity index (χ3n) is 3.89. The van der Waals surface area contributed by atoms with E-state index in [4.69, 9.17) is 0 Å². The minimum Gasteiger partial charge on any atom is -0.326 e. The molecule has 0 unspecified atom stereocenters. The number of amides is 1. The van der Waals surface area contributed by atoms with Gasteiger partial charge in [0.25, 0.3) is 0 Å². The van der Waals surface area contributed by atoms with E-state index in [1.54, 1.807) is 4.52 Å². The molecule has 0 spiro atoms. The van der Waals surface area contributed by atoms with Crippen molar-refractivity contribution in [3.05, 3.63) is 72.8 Å². The van der Waals surface area contributed by atoms with Gasteiger partial charge in [-0.15, -0.1) is 5.10 Å². The summed E-state index contributed by atoms with van der Waals surface area (Å²) in [6, 6.07) is 23.3. The van der Waals surface area contributed by atoms with Gasteiger partial charge in [-0.1, -0.05) is 36.4 Å². The second-order valence-electron chi connectivity index (χ2n) is 5.87. The summed E-state index contributed by atoms with van der Waals surface area (Å²) < 4.78 is 1.80. The van der Waals surface area contributed by atoms with Gasteiger partial charge in [0.2, 0.25) is 11.9 Å². The molecule has 0 radical (unpaired) electrons. The Bertz CT molecular complexity index is 1050. The maximum Gasteiger partial charge on any atom is 0.247 e. The van der Waals surface area contributed by atoms with Crippen molar-refractivity contribution in [1.29, 1.82) is 0 Å². The summed E-state index contributed by atoms with van der Waals surface area (Å²) in [6.45, 7) is 1.49. The monoisotopic (exact) mass is 343 g/mol. The Morgan fingerprint density at radius 3 is 2.38 bits per heavy atom. The smallest absolute Gasteiger partial charge is 0.247 e. The summed E-state index contributed by atoms with van der Waals surface area (Å²) in [5, 5.41) is 10.6. The molecule has 0 aliphatic rings. The minimum atomic E-state index is -0.0900. The zero-order valence-corrected chi connectivity index (χ0v) is 14.2. The lowest BCUT2D eigenvalue weighted by atomic mass is 10.1. The molecule has 0 atom stereocenters. The van der Waals surface area contributed by atoms with E-state index in [1.807, 2.05) is 72.8 Å². The van der Waals surface area contributed by atoms with E-state index in [9.17, 15) is 4.79 Å². The predicted octanol–water partition coefficient (Wildman–Crippen LogP) is 4.10. The molecule has 0 aliphatic carbocycles. The summed E-state index contributed by atoms with van der Waals surface area (Å²) in [4.78, 5) is 15.7. The molecule has 2 aromatic heterocycles. The van der Waals surface area contributed by atoms with Gasteiger partial charge in [0.15, 0.2) is 5.65 Å². The van der Waals surface area contributed by atoms with Crippen LogP contribution >= 0.6 is 0 Å². The number of anilines is 3. The number of rotatable bonds is 4. The maximum absolute atomic E-state index is 11.2. The number of para-hydroxylation sites is 1. The topological polar surface area (TPSA) is 71.3 Å². The van der Waals surface area contributed by atoms with Gasteiger partial charge in [-0.05, 0) is 36.4 Å². The molecule has 0 fully saturated rings. The van der Waals surface area contributed by atoms with Crippen molar-refractivity contribution >= 4 is 28.9 Å². The van der Waals surface area contributed by atoms with Gasteiger partial charge >= 0.3 is 0 Å². The Hall–Kier alpha value is -3.67. The molecule has 0 aliphatic heterocycles. The molecule has 6 heteroatoms. The molecule has 1 amide bonds. The fourth-order valence-corrected chi connectivity index (χ4v) is 2.75. The highest BCUT2D eigenvalue weighted by atomic mass is 16.1. The zero-order valence-electron chi connectivity index (χ0n) is 14.2. The number of hydrogen-bond donors (Lipinski definition) is 2. The maximum atomic E-state index is 11.2. The standard InChI is InChI=1S/C20H17N5O/c1-14(26)21-17-12-10-15(11-13-17)18-8-5-9-19-23-20(24-25(18)19)22-16-6-3-2-4-7-16/h2-13H,1H3,(H,21,26)(H,22,24). The molecular weight excluding hydrogens is 326 g/mol. The lowest BCUT2D eigenvalue weighted by Gasteiger charge is -2.06. The van der Waals surface area contributed by atoms with Gasteiger partial charge in [0.1, 0.15) is 0 Å². The number of carbonyl (C=O) groups excluding carboxylic acids is 1. The summed E-state index contributed by atoms with van der Waals surface area (Å²) in [7, 11) is 0. The van der Waals surface area contributed by atoms with E-state index < -0.39 is 0 Å². The highest BCUT2D eigenvalue weighted by Gasteiger charge is 2.09. The Kier molecular flexibility index (Phi) is 4.07. The Morgan fingerprint density at radius 2 is 1.65 bits per heavy atom. The zero-order chi connectivity index (χ0) is 17.9. The van der Waals surface area contributed by atoms with Crippen molar-refractivity contribution in [3.63, 3.8) is 0 Å². The Balaban J connectivity index is 1.68. The number of nitrogens with zero attached hydrogens (tertiary/aromatic N) is 3. The quantitative estimate of drug-likeness (QED) is 0.585. The van der Waals surface area contributed by atoms with Crippen molar-refractivity contribution in [2.45, 2.75) is 6.92 Å². The third-order valence-corrected chi connectivity index (χ3v) is 3.89. The molecule has 0 bridgehead atoms. The molecular formula is C20H17N5O. The van der Waals surface area contributed by atoms with Crippen LogP contribution in [0.1, 0.15) is 6.92 Å². The van der Waals surface area contributed by atoms with Crippen molar-refractivity contribution in [2.24, 2.45) is 0 Å². The molecule has 128 valence electrons. The lowest BCUT2D eigenvalue weighted by molar-refractivity contribution is -0.114. The summed E-state index contributed by atoms with van der Waals surface area (Å²) >= 11 is 0. The lowest BCUT2D eigenvalue weighted by Crippen LogP contribution is -2.05. The number of carbonyl (C=O) groups is 1. The number of fused-ring (bicyclic) bond motifs is 1. The van der Waals surface area contributed by atoms with Crippen molar-refractivity contribution in [2.75, 3.05) is 10.6 Å². The van der Waals surface area contributed by atoms with Crippen LogP contribution in [-0.4, -0.2) is 20.5 Å². The molecule has 4 aromatic rings. The highest BCUT2D eigenvalue weighted by molar-refractivity contribution is 5.88. The van der Waals surface area contributed by atoms with E-state index in [2.05, 4.69) is 20.7 Å². The first kappa shape index (κ1) is 15.8. The summed E-state index contributed by atoms with van der Waals surface area (Å²) in [6.07, 6.45) is 0. The van der Waals surface area contributed by atoms with E-state index in [0.717, 1.165) is 28.3 Å². The van der Waals surface area contributed by atoms with E-state index in [0.29, 0.717) is 5.95 Å². The summed E-state index contributed by atoms with van der Waals surface area (Å²) in [5.74, 6) is 0.450. The van der Waals surface area contributed by atoms with Crippen molar-refractivity contribution in [3.8, 4) is 11.3 Å². The fourth-order valence-electron chi connectivity index (χ4n) is 2.75. The second kappa shape index (κ2) is 6.68. The van der Waals surface area contributed by atoms with Gasteiger partial charge in [0, 0.05) is 23.9 Å². The van der Waals surface area contributed by atoms with Crippen LogP contribution in [0.25, 0.3) is 16.9 Å². The van der Waals surface area contributed by atoms with E-state index in [1.165, 1.54) is 6.92 Å². The molecule has 4 rings (SSSR count). The first-order chi connectivity index (χ1) is 12.7. The molecule has 2 N–H and O–H groups in total. The van der Waals surface area contributed by atoms with Crippen LogP contribution in [0, 0.1) is 0 Å². The number of benzene rings is 2. The number of aromatic nitrogens is 3. The molecule has 0 saturated carbocycles. The SMILES string of the molecule is CC(=O)Nc1ccc(-c2cccc3nc(Nc4ccccc4)nn23)cc1. The van der Waals surface area contributed by atoms with Crippen molar-refractivity contribution in [1.82, 2.24) is 14.6 Å². The molecule has 26 heavy (non-hydrogen) atoms. The number of nitrogens with one attached hydrogen (secondary N) is 2. The van der Waals surface area contributed by atoms with E-state index >= 15 is 0 Å². The Morgan fingerprint density at radius 1 is 0.885 bits per heavy atom. The molecule has 0 saturated heterocycles. The molecule has 2 heterocycles. The highest BCUT2D eigenvalue weighted by Crippen LogP contribution is 2.23. The van der Waals surface area contributed by atoms with Crippen LogP contribution in [-0.2, 0) is 4.79 Å². The van der Waals surface area contributed by atoms with Crippen LogP contribution in [0.3, 0.4) is 0 Å². The van der Waals surface area contributed by atoms with Gasteiger partial charge in [0.05, 0.1) is 5.69 Å². The van der Waals surface area contributed by atoms with E-state index in [-0.39, 0.29) is 5.91 Å². The van der Waals surface area contributed by atoms with Gasteiger partial charge in [-0.25, -0.2) is 4.52 Å². The Labute approximate surface area is 150 Å².